The summed E-state index contributed by atoms with van der Waals surface area (Å²) in [6.45, 7) is 0. The molecule has 0 aliphatic heterocycles. The van der Waals surface area contributed by atoms with Gasteiger partial charge in [-0.05, 0) is 32.1 Å². The number of rotatable bonds is 4. The van der Waals surface area contributed by atoms with Crippen LogP contribution in [0.25, 0.3) is 0 Å². The van der Waals surface area contributed by atoms with Crippen molar-refractivity contribution in [2.45, 2.75) is 81.6 Å². The highest BCUT2D eigenvalue weighted by molar-refractivity contribution is 5.77. The molecule has 0 unspecified atom stereocenters. The molecule has 5 heteroatoms. The van der Waals surface area contributed by atoms with Crippen LogP contribution >= 0.6 is 0 Å². The van der Waals surface area contributed by atoms with Crippen molar-refractivity contribution in [1.82, 2.24) is 5.32 Å². The number of carbonyl (C=O) groups is 1. The highest BCUT2D eigenvalue weighted by atomic mass is 16.5. The number of aliphatic hydroxyl groups is 2. The number of hydrogen-bond donors (Lipinski definition) is 3. The molecule has 20 heavy (non-hydrogen) atoms. The van der Waals surface area contributed by atoms with Crippen LogP contribution in [0.4, 0.5) is 0 Å². The van der Waals surface area contributed by atoms with Gasteiger partial charge in [-0.25, -0.2) is 0 Å². The molecule has 1 amide bonds. The van der Waals surface area contributed by atoms with E-state index in [0.29, 0.717) is 12.8 Å². The third-order valence-corrected chi connectivity index (χ3v) is 4.72. The number of ether oxygens (including phenoxy) is 1. The van der Waals surface area contributed by atoms with Crippen molar-refractivity contribution < 1.29 is 19.7 Å². The van der Waals surface area contributed by atoms with Crippen molar-refractivity contribution in [2.75, 3.05) is 7.11 Å². The van der Waals surface area contributed by atoms with Crippen molar-refractivity contribution in [3.05, 3.63) is 0 Å². The molecular formula is C15H27NO4. The lowest BCUT2D eigenvalue weighted by atomic mass is 9.82. The van der Waals surface area contributed by atoms with Crippen LogP contribution in [0.5, 0.6) is 0 Å². The van der Waals surface area contributed by atoms with Gasteiger partial charge in [0.2, 0.25) is 5.91 Å². The topological polar surface area (TPSA) is 78.8 Å². The summed E-state index contributed by atoms with van der Waals surface area (Å²) in [7, 11) is 1.59. The zero-order valence-corrected chi connectivity index (χ0v) is 12.3. The Kier molecular flexibility index (Phi) is 5.41. The normalized spacial score (nSPS) is 33.6. The molecule has 116 valence electrons. The van der Waals surface area contributed by atoms with Gasteiger partial charge in [-0.3, -0.25) is 4.79 Å². The van der Waals surface area contributed by atoms with E-state index in [1.807, 2.05) is 0 Å². The zero-order chi connectivity index (χ0) is 14.6. The molecule has 3 N–H and O–H groups in total. The standard InChI is InChI=1S/C15H27NO4/c1-20-12-7-5-6-11(14(12)18)16-13(17)10-15(19)8-3-2-4-9-15/h11-12,14,18-19H,2-10H2,1H3,(H,16,17)/t11-,12-,14-/m1/s1. The maximum absolute atomic E-state index is 12.1. The van der Waals surface area contributed by atoms with E-state index in [-0.39, 0.29) is 24.5 Å². The van der Waals surface area contributed by atoms with Gasteiger partial charge < -0.3 is 20.3 Å². The minimum atomic E-state index is -0.845. The minimum absolute atomic E-state index is 0.147. The van der Waals surface area contributed by atoms with E-state index in [0.717, 1.165) is 38.5 Å². The molecule has 2 rings (SSSR count). The summed E-state index contributed by atoms with van der Waals surface area (Å²) in [5.41, 5.74) is -0.845. The smallest absolute Gasteiger partial charge is 0.223 e. The number of hydrogen-bond acceptors (Lipinski definition) is 4. The van der Waals surface area contributed by atoms with Crippen molar-refractivity contribution >= 4 is 5.91 Å². The maximum Gasteiger partial charge on any atom is 0.223 e. The number of amides is 1. The number of aliphatic hydroxyl groups excluding tert-OH is 1. The van der Waals surface area contributed by atoms with Gasteiger partial charge in [-0.15, -0.1) is 0 Å². The second-order valence-corrected chi connectivity index (χ2v) is 6.33. The summed E-state index contributed by atoms with van der Waals surface area (Å²) in [6.07, 6.45) is 6.34. The van der Waals surface area contributed by atoms with Crippen LogP contribution in [0.3, 0.4) is 0 Å². The molecule has 0 heterocycles. The quantitative estimate of drug-likeness (QED) is 0.723. The molecule has 0 saturated heterocycles. The Balaban J connectivity index is 1.84. The molecule has 0 aromatic carbocycles. The van der Waals surface area contributed by atoms with Gasteiger partial charge in [-0.1, -0.05) is 19.3 Å². The monoisotopic (exact) mass is 285 g/mol. The Hall–Kier alpha value is -0.650. The Morgan fingerprint density at radius 3 is 2.60 bits per heavy atom. The SMILES string of the molecule is CO[C@@H]1CCC[C@@H](NC(=O)CC2(O)CCCCC2)[C@H]1O. The van der Waals surface area contributed by atoms with E-state index in [1.165, 1.54) is 0 Å². The van der Waals surface area contributed by atoms with Crippen LogP contribution in [0.2, 0.25) is 0 Å². The first-order valence-corrected chi connectivity index (χ1v) is 7.77. The van der Waals surface area contributed by atoms with E-state index < -0.39 is 11.7 Å². The molecule has 0 radical (unpaired) electrons. The lowest BCUT2D eigenvalue weighted by Gasteiger charge is -2.36. The molecule has 2 fully saturated rings. The predicted molar refractivity (Wildman–Crippen MR) is 75.2 cm³/mol. The number of carbonyl (C=O) groups excluding carboxylic acids is 1. The Morgan fingerprint density at radius 1 is 1.25 bits per heavy atom. The summed E-state index contributed by atoms with van der Waals surface area (Å²) >= 11 is 0. The van der Waals surface area contributed by atoms with Crippen LogP contribution < -0.4 is 5.32 Å². The number of methoxy groups -OCH3 is 1. The Morgan fingerprint density at radius 2 is 1.95 bits per heavy atom. The highest BCUT2D eigenvalue weighted by Crippen LogP contribution is 2.31. The van der Waals surface area contributed by atoms with Crippen LogP contribution in [0.15, 0.2) is 0 Å². The van der Waals surface area contributed by atoms with Gasteiger partial charge in [-0.2, -0.15) is 0 Å². The van der Waals surface area contributed by atoms with Crippen LogP contribution in [0.1, 0.15) is 57.8 Å². The van der Waals surface area contributed by atoms with E-state index in [2.05, 4.69) is 5.32 Å². The molecule has 0 aromatic heterocycles. The number of nitrogens with one attached hydrogen (secondary N) is 1. The van der Waals surface area contributed by atoms with Crippen LogP contribution in [-0.2, 0) is 9.53 Å². The molecular weight excluding hydrogens is 258 g/mol. The van der Waals surface area contributed by atoms with Crippen molar-refractivity contribution in [3.8, 4) is 0 Å². The molecule has 0 bridgehead atoms. The maximum atomic E-state index is 12.1. The summed E-state index contributed by atoms with van der Waals surface area (Å²) in [6, 6.07) is -0.256. The second kappa shape index (κ2) is 6.87. The summed E-state index contributed by atoms with van der Waals surface area (Å²) in [5, 5.41) is 23.4. The third-order valence-electron chi connectivity index (χ3n) is 4.72. The minimum Gasteiger partial charge on any atom is -0.389 e. The van der Waals surface area contributed by atoms with Gasteiger partial charge in [0, 0.05) is 7.11 Å². The molecule has 3 atom stereocenters. The average molecular weight is 285 g/mol. The summed E-state index contributed by atoms with van der Waals surface area (Å²) in [4.78, 5) is 12.1. The van der Waals surface area contributed by atoms with E-state index in [9.17, 15) is 15.0 Å². The van der Waals surface area contributed by atoms with Gasteiger partial charge >= 0.3 is 0 Å². The zero-order valence-electron chi connectivity index (χ0n) is 12.3. The van der Waals surface area contributed by atoms with Crippen molar-refractivity contribution in [3.63, 3.8) is 0 Å². The summed E-state index contributed by atoms with van der Waals surface area (Å²) < 4.78 is 5.23. The first-order valence-electron chi connectivity index (χ1n) is 7.77. The van der Waals surface area contributed by atoms with Gasteiger partial charge in [0.15, 0.2) is 0 Å². The summed E-state index contributed by atoms with van der Waals surface area (Å²) in [5.74, 6) is -0.157. The first kappa shape index (κ1) is 15.7. The third kappa shape index (κ3) is 3.93. The van der Waals surface area contributed by atoms with E-state index in [1.54, 1.807) is 7.11 Å². The largest absolute Gasteiger partial charge is 0.389 e. The fourth-order valence-corrected chi connectivity index (χ4v) is 3.50. The van der Waals surface area contributed by atoms with Crippen molar-refractivity contribution in [1.29, 1.82) is 0 Å². The Bertz CT molecular complexity index is 328. The molecule has 0 spiro atoms. The molecule has 5 nitrogen and oxygen atoms in total. The fourth-order valence-electron chi connectivity index (χ4n) is 3.50. The second-order valence-electron chi connectivity index (χ2n) is 6.33. The highest BCUT2D eigenvalue weighted by Gasteiger charge is 2.36. The lowest BCUT2D eigenvalue weighted by Crippen LogP contribution is -2.52. The van der Waals surface area contributed by atoms with Gasteiger partial charge in [0.25, 0.3) is 0 Å². The van der Waals surface area contributed by atoms with Gasteiger partial charge in [0.1, 0.15) is 6.10 Å². The molecule has 2 aliphatic carbocycles. The van der Waals surface area contributed by atoms with Crippen LogP contribution in [-0.4, -0.2) is 47.1 Å². The van der Waals surface area contributed by atoms with E-state index in [4.69, 9.17) is 4.74 Å². The predicted octanol–water partition coefficient (Wildman–Crippen LogP) is 1.12. The molecule has 2 aliphatic rings. The molecule has 2 saturated carbocycles. The van der Waals surface area contributed by atoms with E-state index >= 15 is 0 Å². The van der Waals surface area contributed by atoms with Crippen LogP contribution in [0, 0.1) is 0 Å². The average Bonchev–Trinajstić information content (AvgIpc) is 2.41. The Labute approximate surface area is 120 Å². The molecule has 0 aromatic rings. The first-order chi connectivity index (χ1) is 9.54. The lowest BCUT2D eigenvalue weighted by molar-refractivity contribution is -0.131. The van der Waals surface area contributed by atoms with Gasteiger partial charge in [0.05, 0.1) is 24.2 Å². The van der Waals surface area contributed by atoms with Crippen molar-refractivity contribution in [2.24, 2.45) is 0 Å². The fraction of sp³-hybridized carbons (Fsp3) is 0.933.